The molecule has 3 rings (SSSR count). The number of rotatable bonds is 5. The van der Waals surface area contributed by atoms with E-state index >= 15 is 0 Å². The number of amides is 1. The highest BCUT2D eigenvalue weighted by atomic mass is 16.3. The Morgan fingerprint density at radius 2 is 1.88 bits per heavy atom. The zero-order valence-electron chi connectivity index (χ0n) is 14.9. The fourth-order valence-corrected chi connectivity index (χ4v) is 3.29. The zero-order valence-corrected chi connectivity index (χ0v) is 14.9. The Morgan fingerprint density at radius 1 is 1.20 bits per heavy atom. The lowest BCUT2D eigenvalue weighted by Gasteiger charge is -2.38. The second-order valence-electron chi connectivity index (χ2n) is 6.58. The van der Waals surface area contributed by atoms with Gasteiger partial charge in [-0.3, -0.25) is 9.69 Å². The third-order valence-electron chi connectivity index (χ3n) is 4.89. The van der Waals surface area contributed by atoms with Crippen LogP contribution >= 0.6 is 0 Å². The molecule has 1 aromatic heterocycles. The average molecular weight is 342 g/mol. The Hall–Kier alpha value is -2.18. The number of benzene rings is 1. The van der Waals surface area contributed by atoms with E-state index < -0.39 is 0 Å². The second kappa shape index (κ2) is 7.80. The molecule has 2 aromatic rings. The summed E-state index contributed by atoms with van der Waals surface area (Å²) in [4.78, 5) is 16.9. The molecule has 1 aliphatic rings. The van der Waals surface area contributed by atoms with Crippen molar-refractivity contribution in [2.45, 2.75) is 26.3 Å². The van der Waals surface area contributed by atoms with Crippen molar-refractivity contribution >= 4 is 5.91 Å². The molecule has 1 atom stereocenters. The molecular formula is C19H26N4O2. The minimum Gasteiger partial charge on any atom is -0.395 e. The molecule has 1 N–H and O–H groups in total. The molecule has 25 heavy (non-hydrogen) atoms. The van der Waals surface area contributed by atoms with Crippen molar-refractivity contribution in [1.82, 2.24) is 19.6 Å². The highest BCUT2D eigenvalue weighted by molar-refractivity contribution is 5.94. The number of carbonyl (C=O) groups excluding carboxylic acids is 1. The minimum atomic E-state index is 0.0693. The molecule has 0 spiro atoms. The number of hydrogen-bond acceptors (Lipinski definition) is 4. The van der Waals surface area contributed by atoms with Crippen molar-refractivity contribution in [3.05, 3.63) is 47.8 Å². The summed E-state index contributed by atoms with van der Waals surface area (Å²) in [5.41, 5.74) is 2.75. The zero-order chi connectivity index (χ0) is 17.8. The molecule has 1 saturated heterocycles. The quantitative estimate of drug-likeness (QED) is 0.899. The monoisotopic (exact) mass is 342 g/mol. The van der Waals surface area contributed by atoms with Crippen LogP contribution in [0.5, 0.6) is 0 Å². The lowest BCUT2D eigenvalue weighted by molar-refractivity contribution is 0.0472. The molecule has 134 valence electrons. The van der Waals surface area contributed by atoms with Crippen LogP contribution in [0.3, 0.4) is 0 Å². The summed E-state index contributed by atoms with van der Waals surface area (Å²) >= 11 is 0. The average Bonchev–Trinajstić information content (AvgIpc) is 3.09. The van der Waals surface area contributed by atoms with Gasteiger partial charge < -0.3 is 10.0 Å². The summed E-state index contributed by atoms with van der Waals surface area (Å²) in [5, 5.41) is 13.7. The van der Waals surface area contributed by atoms with Crippen LogP contribution in [0.1, 0.15) is 29.3 Å². The molecule has 0 radical (unpaired) electrons. The van der Waals surface area contributed by atoms with Gasteiger partial charge in [0.2, 0.25) is 0 Å². The number of aliphatic hydroxyl groups is 1. The summed E-state index contributed by atoms with van der Waals surface area (Å²) in [6.07, 6.45) is 4.70. The topological polar surface area (TPSA) is 61.6 Å². The molecule has 0 bridgehead atoms. The Kier molecular flexibility index (Phi) is 5.50. The molecule has 1 fully saturated rings. The third-order valence-corrected chi connectivity index (χ3v) is 4.89. The maximum absolute atomic E-state index is 12.7. The maximum atomic E-state index is 12.7. The van der Waals surface area contributed by atoms with E-state index in [1.807, 2.05) is 53.2 Å². The van der Waals surface area contributed by atoms with Crippen LogP contribution in [0.4, 0.5) is 0 Å². The van der Waals surface area contributed by atoms with E-state index in [4.69, 9.17) is 0 Å². The Balaban J connectivity index is 1.62. The molecular weight excluding hydrogens is 316 g/mol. The van der Waals surface area contributed by atoms with Gasteiger partial charge >= 0.3 is 0 Å². The molecule has 1 amide bonds. The van der Waals surface area contributed by atoms with Gasteiger partial charge in [0.1, 0.15) is 0 Å². The second-order valence-corrected chi connectivity index (χ2v) is 6.58. The van der Waals surface area contributed by atoms with E-state index in [0.29, 0.717) is 18.7 Å². The summed E-state index contributed by atoms with van der Waals surface area (Å²) in [6, 6.07) is 7.78. The lowest BCUT2D eigenvalue weighted by Crippen LogP contribution is -2.52. The molecule has 1 aliphatic heterocycles. The SMILES string of the molecule is CCC(CO)N1CCN(C(=O)c2ccc(-n3cc(C)cn3)cc2)CC1. The van der Waals surface area contributed by atoms with Gasteiger partial charge in [-0.25, -0.2) is 4.68 Å². The van der Waals surface area contributed by atoms with Crippen LogP contribution in [0.25, 0.3) is 5.69 Å². The Bertz CT molecular complexity index is 698. The van der Waals surface area contributed by atoms with Gasteiger partial charge in [0, 0.05) is 44.0 Å². The lowest BCUT2D eigenvalue weighted by atomic mass is 10.1. The van der Waals surface area contributed by atoms with E-state index in [2.05, 4.69) is 16.9 Å². The first kappa shape index (κ1) is 17.6. The maximum Gasteiger partial charge on any atom is 0.253 e. The molecule has 0 aliphatic carbocycles. The molecule has 6 nitrogen and oxygen atoms in total. The third kappa shape index (κ3) is 3.91. The molecule has 1 unspecified atom stereocenters. The number of carbonyl (C=O) groups is 1. The van der Waals surface area contributed by atoms with Crippen LogP contribution < -0.4 is 0 Å². The number of nitrogens with zero attached hydrogens (tertiary/aromatic N) is 4. The largest absolute Gasteiger partial charge is 0.395 e. The van der Waals surface area contributed by atoms with E-state index in [1.54, 1.807) is 0 Å². The van der Waals surface area contributed by atoms with Crippen LogP contribution in [0, 0.1) is 6.92 Å². The van der Waals surface area contributed by atoms with Gasteiger partial charge in [-0.15, -0.1) is 0 Å². The van der Waals surface area contributed by atoms with E-state index in [-0.39, 0.29) is 18.6 Å². The smallest absolute Gasteiger partial charge is 0.253 e. The van der Waals surface area contributed by atoms with Gasteiger partial charge in [0.15, 0.2) is 0 Å². The first-order chi connectivity index (χ1) is 12.1. The number of aromatic nitrogens is 2. The van der Waals surface area contributed by atoms with Crippen LogP contribution in [0.2, 0.25) is 0 Å². The number of hydrogen-bond donors (Lipinski definition) is 1. The minimum absolute atomic E-state index is 0.0693. The predicted molar refractivity (Wildman–Crippen MR) is 96.9 cm³/mol. The van der Waals surface area contributed by atoms with Gasteiger partial charge in [-0.05, 0) is 43.2 Å². The Morgan fingerprint density at radius 3 is 2.40 bits per heavy atom. The van der Waals surface area contributed by atoms with Crippen LogP contribution in [0.15, 0.2) is 36.7 Å². The van der Waals surface area contributed by atoms with Crippen molar-refractivity contribution in [2.24, 2.45) is 0 Å². The van der Waals surface area contributed by atoms with Crippen molar-refractivity contribution in [3.63, 3.8) is 0 Å². The summed E-state index contributed by atoms with van der Waals surface area (Å²) in [7, 11) is 0. The van der Waals surface area contributed by atoms with Crippen molar-refractivity contribution in [1.29, 1.82) is 0 Å². The molecule has 2 heterocycles. The van der Waals surface area contributed by atoms with E-state index in [1.165, 1.54) is 0 Å². The highest BCUT2D eigenvalue weighted by Crippen LogP contribution is 2.14. The molecule has 0 saturated carbocycles. The molecule has 1 aromatic carbocycles. The number of aryl methyl sites for hydroxylation is 1. The van der Waals surface area contributed by atoms with E-state index in [0.717, 1.165) is 30.8 Å². The molecule has 6 heteroatoms. The van der Waals surface area contributed by atoms with Crippen LogP contribution in [-0.2, 0) is 0 Å². The first-order valence-electron chi connectivity index (χ1n) is 8.88. The van der Waals surface area contributed by atoms with Crippen LogP contribution in [-0.4, -0.2) is 69.4 Å². The highest BCUT2D eigenvalue weighted by Gasteiger charge is 2.25. The standard InChI is InChI=1S/C19H26N4O2/c1-3-17(14-24)21-8-10-22(11-9-21)19(25)16-4-6-18(7-5-16)23-13-15(2)12-20-23/h4-7,12-13,17,24H,3,8-11,14H2,1-2H3. The van der Waals surface area contributed by atoms with Gasteiger partial charge in [0.05, 0.1) is 18.5 Å². The van der Waals surface area contributed by atoms with Crippen molar-refractivity contribution < 1.29 is 9.90 Å². The Labute approximate surface area is 148 Å². The summed E-state index contributed by atoms with van der Waals surface area (Å²) in [6.45, 7) is 7.30. The normalized spacial score (nSPS) is 16.8. The summed E-state index contributed by atoms with van der Waals surface area (Å²) in [5.74, 6) is 0.0693. The van der Waals surface area contributed by atoms with Crippen molar-refractivity contribution in [3.8, 4) is 5.69 Å². The fraction of sp³-hybridized carbons (Fsp3) is 0.474. The van der Waals surface area contributed by atoms with Gasteiger partial charge in [-0.2, -0.15) is 5.10 Å². The number of piperazine rings is 1. The first-order valence-corrected chi connectivity index (χ1v) is 8.88. The fourth-order valence-electron chi connectivity index (χ4n) is 3.29. The van der Waals surface area contributed by atoms with Gasteiger partial charge in [-0.1, -0.05) is 6.92 Å². The summed E-state index contributed by atoms with van der Waals surface area (Å²) < 4.78 is 1.81. The van der Waals surface area contributed by atoms with E-state index in [9.17, 15) is 9.90 Å². The number of aliphatic hydroxyl groups excluding tert-OH is 1. The van der Waals surface area contributed by atoms with Gasteiger partial charge in [0.25, 0.3) is 5.91 Å². The van der Waals surface area contributed by atoms with Crippen molar-refractivity contribution in [2.75, 3.05) is 32.8 Å². The predicted octanol–water partition coefficient (Wildman–Crippen LogP) is 1.71.